The summed E-state index contributed by atoms with van der Waals surface area (Å²) in [4.78, 5) is 17.2. The van der Waals surface area contributed by atoms with Gasteiger partial charge >= 0.3 is 0 Å². The lowest BCUT2D eigenvalue weighted by Gasteiger charge is -2.49. The minimum atomic E-state index is -0.407. The Bertz CT molecular complexity index is 985. The van der Waals surface area contributed by atoms with Gasteiger partial charge in [0.15, 0.2) is 5.79 Å². The van der Waals surface area contributed by atoms with E-state index in [1.165, 1.54) is 5.56 Å². The zero-order valence-electron chi connectivity index (χ0n) is 18.3. The molecule has 6 nitrogen and oxygen atoms in total. The van der Waals surface area contributed by atoms with E-state index in [1.807, 2.05) is 31.2 Å². The highest BCUT2D eigenvalue weighted by Gasteiger charge is 2.53. The van der Waals surface area contributed by atoms with Crippen molar-refractivity contribution in [3.63, 3.8) is 0 Å². The van der Waals surface area contributed by atoms with Gasteiger partial charge < -0.3 is 19.5 Å². The molecule has 5 rings (SSSR count). The summed E-state index contributed by atoms with van der Waals surface area (Å²) in [5.74, 6) is 0.714. The fourth-order valence-electron chi connectivity index (χ4n) is 5.75. The molecule has 1 aromatic heterocycles. The molecule has 2 atom stereocenters. The van der Waals surface area contributed by atoms with Gasteiger partial charge in [0.2, 0.25) is 0 Å². The van der Waals surface area contributed by atoms with Crippen molar-refractivity contribution in [3.8, 4) is 5.75 Å². The van der Waals surface area contributed by atoms with Gasteiger partial charge in [-0.25, -0.2) is 0 Å². The first-order valence-electron chi connectivity index (χ1n) is 11.3. The highest BCUT2D eigenvalue weighted by atomic mass is 16.7. The van der Waals surface area contributed by atoms with E-state index in [4.69, 9.17) is 14.2 Å². The second-order valence-corrected chi connectivity index (χ2v) is 8.96. The second-order valence-electron chi connectivity index (χ2n) is 8.96. The highest BCUT2D eigenvalue weighted by Crippen LogP contribution is 2.55. The molecule has 3 aliphatic rings. The quantitative estimate of drug-likeness (QED) is 0.782. The molecule has 164 valence electrons. The molecule has 1 aromatic carbocycles. The number of nitrogens with one attached hydrogen (secondary N) is 1. The number of carbonyl (C=O) groups excluding carboxylic acids is 1. The van der Waals surface area contributed by atoms with Crippen molar-refractivity contribution in [2.45, 2.75) is 57.2 Å². The number of benzene rings is 1. The zero-order chi connectivity index (χ0) is 21.5. The SMILES string of the molecule is CC[C@]12CCC3(C[C@H]1CCOc1cc(C(=O)Nc4cccnc4C)ccc12)OCCO3. The van der Waals surface area contributed by atoms with Crippen LogP contribution in [0.15, 0.2) is 36.5 Å². The van der Waals surface area contributed by atoms with Crippen LogP contribution in [0.4, 0.5) is 5.69 Å². The molecule has 1 amide bonds. The van der Waals surface area contributed by atoms with Gasteiger partial charge in [0, 0.05) is 35.6 Å². The monoisotopic (exact) mass is 422 g/mol. The third-order valence-electron chi connectivity index (χ3n) is 7.49. The van der Waals surface area contributed by atoms with Gasteiger partial charge in [0.1, 0.15) is 5.75 Å². The average Bonchev–Trinajstić information content (AvgIpc) is 3.17. The van der Waals surface area contributed by atoms with Crippen LogP contribution in [-0.2, 0) is 14.9 Å². The smallest absolute Gasteiger partial charge is 0.255 e. The Kier molecular flexibility index (Phi) is 5.22. The zero-order valence-corrected chi connectivity index (χ0v) is 18.3. The van der Waals surface area contributed by atoms with Crippen LogP contribution in [0, 0.1) is 12.8 Å². The predicted molar refractivity (Wildman–Crippen MR) is 117 cm³/mol. The van der Waals surface area contributed by atoms with Crippen LogP contribution in [0.2, 0.25) is 0 Å². The summed E-state index contributed by atoms with van der Waals surface area (Å²) < 4.78 is 18.3. The number of rotatable bonds is 3. The van der Waals surface area contributed by atoms with Gasteiger partial charge in [-0.05, 0) is 56.4 Å². The van der Waals surface area contributed by atoms with Crippen LogP contribution in [-0.4, -0.2) is 36.5 Å². The molecule has 1 saturated heterocycles. The number of carbonyl (C=O) groups is 1. The van der Waals surface area contributed by atoms with Crippen LogP contribution >= 0.6 is 0 Å². The molecule has 2 fully saturated rings. The molecule has 0 bridgehead atoms. The third kappa shape index (κ3) is 3.52. The van der Waals surface area contributed by atoms with Crippen LogP contribution < -0.4 is 10.1 Å². The lowest BCUT2D eigenvalue weighted by Crippen LogP contribution is -2.48. The van der Waals surface area contributed by atoms with E-state index in [0.29, 0.717) is 31.3 Å². The minimum absolute atomic E-state index is 0.0291. The molecule has 0 radical (unpaired) electrons. The van der Waals surface area contributed by atoms with E-state index in [2.05, 4.69) is 23.3 Å². The molecular weight excluding hydrogens is 392 g/mol. The Morgan fingerprint density at radius 3 is 2.81 bits per heavy atom. The average molecular weight is 423 g/mol. The number of ether oxygens (including phenoxy) is 3. The molecule has 1 saturated carbocycles. The van der Waals surface area contributed by atoms with Crippen molar-refractivity contribution in [2.24, 2.45) is 5.92 Å². The summed E-state index contributed by atoms with van der Waals surface area (Å²) in [6.45, 7) is 6.17. The lowest BCUT2D eigenvalue weighted by molar-refractivity contribution is -0.199. The van der Waals surface area contributed by atoms with Crippen molar-refractivity contribution in [1.82, 2.24) is 4.98 Å². The van der Waals surface area contributed by atoms with Crippen molar-refractivity contribution in [1.29, 1.82) is 0 Å². The van der Waals surface area contributed by atoms with E-state index < -0.39 is 5.79 Å². The Labute approximate surface area is 183 Å². The normalized spacial score (nSPS) is 26.5. The maximum Gasteiger partial charge on any atom is 0.255 e. The van der Waals surface area contributed by atoms with Crippen molar-refractivity contribution < 1.29 is 19.0 Å². The van der Waals surface area contributed by atoms with Gasteiger partial charge in [0.05, 0.1) is 31.2 Å². The summed E-state index contributed by atoms with van der Waals surface area (Å²) in [6.07, 6.45) is 6.53. The van der Waals surface area contributed by atoms with Gasteiger partial charge in [-0.2, -0.15) is 0 Å². The molecule has 0 unspecified atom stereocenters. The molecule has 1 spiro atoms. The third-order valence-corrected chi connectivity index (χ3v) is 7.49. The van der Waals surface area contributed by atoms with Crippen LogP contribution in [0.3, 0.4) is 0 Å². The predicted octanol–water partition coefficient (Wildman–Crippen LogP) is 4.62. The van der Waals surface area contributed by atoms with Crippen molar-refractivity contribution in [3.05, 3.63) is 53.3 Å². The van der Waals surface area contributed by atoms with Crippen LogP contribution in [0.1, 0.15) is 60.6 Å². The first-order chi connectivity index (χ1) is 15.1. The molecule has 2 aromatic rings. The summed E-state index contributed by atoms with van der Waals surface area (Å²) in [7, 11) is 0. The minimum Gasteiger partial charge on any atom is -0.493 e. The number of fused-ring (bicyclic) bond motifs is 3. The van der Waals surface area contributed by atoms with Crippen molar-refractivity contribution >= 4 is 11.6 Å². The molecule has 3 heterocycles. The topological polar surface area (TPSA) is 69.7 Å². The van der Waals surface area contributed by atoms with Gasteiger partial charge in [-0.1, -0.05) is 13.0 Å². The number of amides is 1. The maximum absolute atomic E-state index is 12.9. The fraction of sp³-hybridized carbons (Fsp3) is 0.520. The Morgan fingerprint density at radius 2 is 2.03 bits per heavy atom. The molecule has 31 heavy (non-hydrogen) atoms. The highest BCUT2D eigenvalue weighted by molar-refractivity contribution is 6.04. The van der Waals surface area contributed by atoms with E-state index in [1.54, 1.807) is 6.20 Å². The molecular formula is C25H30N2O4. The number of hydrogen-bond acceptors (Lipinski definition) is 5. The Balaban J connectivity index is 1.44. The first kappa shape index (κ1) is 20.5. The number of aryl methyl sites for hydroxylation is 1. The molecule has 1 N–H and O–H groups in total. The standard InChI is InChI=1S/C25H30N2O4/c1-3-24-9-10-25(30-13-14-31-25)16-19(24)8-12-29-22-15-18(6-7-20(22)24)23(28)27-21-5-4-11-26-17(21)2/h4-7,11,15,19H,3,8-10,12-14,16H2,1-2H3,(H,27,28)/t19-,24+/m1/s1. The van der Waals surface area contributed by atoms with Crippen LogP contribution in [0.25, 0.3) is 0 Å². The molecule has 6 heteroatoms. The largest absolute Gasteiger partial charge is 0.493 e. The van der Waals surface area contributed by atoms with E-state index >= 15 is 0 Å². The van der Waals surface area contributed by atoms with E-state index in [0.717, 1.165) is 49.2 Å². The first-order valence-corrected chi connectivity index (χ1v) is 11.3. The number of anilines is 1. The summed E-state index contributed by atoms with van der Waals surface area (Å²) in [5, 5.41) is 2.97. The second kappa shape index (κ2) is 7.92. The summed E-state index contributed by atoms with van der Waals surface area (Å²) >= 11 is 0. The van der Waals surface area contributed by atoms with E-state index in [-0.39, 0.29) is 11.3 Å². The Morgan fingerprint density at radius 1 is 1.19 bits per heavy atom. The number of nitrogens with zero attached hydrogens (tertiary/aromatic N) is 1. The fourth-order valence-corrected chi connectivity index (χ4v) is 5.75. The summed E-state index contributed by atoms with van der Waals surface area (Å²) in [5.41, 5.74) is 3.37. The van der Waals surface area contributed by atoms with Crippen LogP contribution in [0.5, 0.6) is 5.75 Å². The maximum atomic E-state index is 12.9. The Hall–Kier alpha value is -2.44. The van der Waals surface area contributed by atoms with Gasteiger partial charge in [-0.3, -0.25) is 9.78 Å². The van der Waals surface area contributed by atoms with E-state index in [9.17, 15) is 4.79 Å². The number of aromatic nitrogens is 1. The lowest BCUT2D eigenvalue weighted by atomic mass is 9.59. The van der Waals surface area contributed by atoms with Crippen molar-refractivity contribution in [2.75, 3.05) is 25.1 Å². The van der Waals surface area contributed by atoms with Gasteiger partial charge in [-0.15, -0.1) is 0 Å². The number of pyridine rings is 1. The molecule has 1 aliphatic carbocycles. The summed E-state index contributed by atoms with van der Waals surface area (Å²) in [6, 6.07) is 9.62. The molecule has 2 aliphatic heterocycles. The number of hydrogen-bond donors (Lipinski definition) is 1. The van der Waals surface area contributed by atoms with Gasteiger partial charge in [0.25, 0.3) is 5.91 Å².